The highest BCUT2D eigenvalue weighted by atomic mass is 16.5. The Bertz CT molecular complexity index is 655. The second-order valence-corrected chi connectivity index (χ2v) is 8.22. The van der Waals surface area contributed by atoms with Gasteiger partial charge in [0.1, 0.15) is 11.9 Å². The van der Waals surface area contributed by atoms with Crippen LogP contribution in [0, 0.1) is 0 Å². The van der Waals surface area contributed by atoms with Crippen molar-refractivity contribution in [1.82, 2.24) is 4.90 Å². The number of nitrogens with zero attached hydrogens (tertiary/aromatic N) is 1. The first-order valence-corrected chi connectivity index (χ1v) is 8.84. The molecule has 2 aromatic carbocycles. The van der Waals surface area contributed by atoms with Gasteiger partial charge in [-0.25, -0.2) is 0 Å². The zero-order valence-corrected chi connectivity index (χ0v) is 15.5. The van der Waals surface area contributed by atoms with Gasteiger partial charge in [0.15, 0.2) is 0 Å². The number of hydrogen-bond acceptors (Lipinski definition) is 2. The van der Waals surface area contributed by atoms with Gasteiger partial charge in [0.2, 0.25) is 0 Å². The molecule has 3 rings (SSSR count). The highest BCUT2D eigenvalue weighted by molar-refractivity contribution is 5.63. The predicted octanol–water partition coefficient (Wildman–Crippen LogP) is 5.38. The lowest BCUT2D eigenvalue weighted by atomic mass is 9.79. The van der Waals surface area contributed by atoms with Crippen LogP contribution in [0.25, 0.3) is 11.1 Å². The zero-order valence-electron chi connectivity index (χ0n) is 15.5. The van der Waals surface area contributed by atoms with Crippen molar-refractivity contribution in [1.29, 1.82) is 0 Å². The van der Waals surface area contributed by atoms with Crippen molar-refractivity contribution < 1.29 is 4.74 Å². The lowest BCUT2D eigenvalue weighted by Crippen LogP contribution is -2.60. The van der Waals surface area contributed by atoms with Crippen molar-refractivity contribution in [3.63, 3.8) is 0 Å². The minimum atomic E-state index is 0.149. The molecule has 0 saturated carbocycles. The monoisotopic (exact) mass is 323 g/mol. The second kappa shape index (κ2) is 6.25. The van der Waals surface area contributed by atoms with Gasteiger partial charge in [0.25, 0.3) is 0 Å². The normalized spacial score (nSPS) is 20.7. The van der Waals surface area contributed by atoms with Crippen LogP contribution in [0.4, 0.5) is 0 Å². The van der Waals surface area contributed by atoms with Gasteiger partial charge in [-0.2, -0.15) is 0 Å². The standard InChI is InChI=1S/C22H29NO/c1-21(2)15-20(16-22(3,4)23(21)5)24-19-13-11-18(12-14-19)17-9-7-6-8-10-17/h6-14,20H,15-16H2,1-5H3. The summed E-state index contributed by atoms with van der Waals surface area (Å²) in [4.78, 5) is 2.48. The maximum Gasteiger partial charge on any atom is 0.119 e. The Morgan fingerprint density at radius 3 is 1.83 bits per heavy atom. The molecule has 0 aromatic heterocycles. The summed E-state index contributed by atoms with van der Waals surface area (Å²) in [5.41, 5.74) is 2.77. The topological polar surface area (TPSA) is 12.5 Å². The molecule has 0 aliphatic carbocycles. The average Bonchev–Trinajstić information content (AvgIpc) is 2.54. The first-order chi connectivity index (χ1) is 11.3. The van der Waals surface area contributed by atoms with Crippen molar-refractivity contribution in [3.8, 4) is 16.9 Å². The van der Waals surface area contributed by atoms with Crippen molar-refractivity contribution in [2.24, 2.45) is 0 Å². The molecule has 1 aliphatic rings. The van der Waals surface area contributed by atoms with Crippen molar-refractivity contribution in [2.75, 3.05) is 7.05 Å². The van der Waals surface area contributed by atoms with Gasteiger partial charge >= 0.3 is 0 Å². The first kappa shape index (κ1) is 17.0. The molecular formula is C22H29NO. The summed E-state index contributed by atoms with van der Waals surface area (Å²) in [6, 6.07) is 19.0. The fraction of sp³-hybridized carbons (Fsp3) is 0.455. The van der Waals surface area contributed by atoms with E-state index in [0.29, 0.717) is 0 Å². The van der Waals surface area contributed by atoms with Gasteiger partial charge in [-0.3, -0.25) is 4.90 Å². The molecule has 128 valence electrons. The molecule has 2 aromatic rings. The van der Waals surface area contributed by atoms with E-state index in [1.54, 1.807) is 0 Å². The second-order valence-electron chi connectivity index (χ2n) is 8.22. The van der Waals surface area contributed by atoms with Crippen LogP contribution < -0.4 is 4.74 Å². The molecule has 2 nitrogen and oxygen atoms in total. The van der Waals surface area contributed by atoms with Crippen LogP contribution in [0.2, 0.25) is 0 Å². The Morgan fingerprint density at radius 1 is 0.792 bits per heavy atom. The summed E-state index contributed by atoms with van der Waals surface area (Å²) in [5.74, 6) is 0.968. The molecule has 1 saturated heterocycles. The summed E-state index contributed by atoms with van der Waals surface area (Å²) >= 11 is 0. The third-order valence-electron chi connectivity index (χ3n) is 5.53. The van der Waals surface area contributed by atoms with Crippen LogP contribution in [0.3, 0.4) is 0 Å². The van der Waals surface area contributed by atoms with Crippen LogP contribution in [0.15, 0.2) is 54.6 Å². The highest BCUT2D eigenvalue weighted by Crippen LogP contribution is 2.38. The van der Waals surface area contributed by atoms with Crippen LogP contribution >= 0.6 is 0 Å². The lowest BCUT2D eigenvalue weighted by Gasteiger charge is -2.53. The third kappa shape index (κ3) is 3.49. The number of piperidine rings is 1. The molecule has 0 radical (unpaired) electrons. The van der Waals surface area contributed by atoms with Crippen molar-refractivity contribution in [2.45, 2.75) is 57.7 Å². The fourth-order valence-electron chi connectivity index (χ4n) is 3.91. The molecule has 0 spiro atoms. The van der Waals surface area contributed by atoms with E-state index in [-0.39, 0.29) is 17.2 Å². The molecule has 24 heavy (non-hydrogen) atoms. The van der Waals surface area contributed by atoms with Gasteiger partial charge < -0.3 is 4.74 Å². The van der Waals surface area contributed by atoms with Crippen molar-refractivity contribution >= 4 is 0 Å². The third-order valence-corrected chi connectivity index (χ3v) is 5.53. The molecule has 1 aliphatic heterocycles. The molecule has 1 fully saturated rings. The molecule has 0 bridgehead atoms. The first-order valence-electron chi connectivity index (χ1n) is 8.84. The van der Waals surface area contributed by atoms with Crippen LogP contribution in [0.5, 0.6) is 5.75 Å². The van der Waals surface area contributed by atoms with E-state index >= 15 is 0 Å². The number of likely N-dealkylation sites (tertiary alicyclic amines) is 1. The van der Waals surface area contributed by atoms with E-state index in [4.69, 9.17) is 4.74 Å². The van der Waals surface area contributed by atoms with Crippen molar-refractivity contribution in [3.05, 3.63) is 54.6 Å². The Labute approximate surface area is 146 Å². The Balaban J connectivity index is 1.72. The Morgan fingerprint density at radius 2 is 1.29 bits per heavy atom. The van der Waals surface area contributed by atoms with E-state index in [1.807, 2.05) is 6.07 Å². The molecule has 0 amide bonds. The number of rotatable bonds is 3. The van der Waals surface area contributed by atoms with Crippen LogP contribution in [-0.4, -0.2) is 29.1 Å². The van der Waals surface area contributed by atoms with Crippen LogP contribution in [-0.2, 0) is 0 Å². The molecule has 0 unspecified atom stereocenters. The van der Waals surface area contributed by atoms with Gasteiger partial charge in [-0.1, -0.05) is 42.5 Å². The quantitative estimate of drug-likeness (QED) is 0.751. The molecule has 0 N–H and O–H groups in total. The SMILES string of the molecule is CN1C(C)(C)CC(Oc2ccc(-c3ccccc3)cc2)CC1(C)C. The highest BCUT2D eigenvalue weighted by Gasteiger charge is 2.43. The zero-order chi connectivity index (χ0) is 17.4. The summed E-state index contributed by atoms with van der Waals surface area (Å²) < 4.78 is 6.34. The van der Waals surface area contributed by atoms with Gasteiger partial charge in [-0.05, 0) is 58.0 Å². The smallest absolute Gasteiger partial charge is 0.119 e. The fourth-order valence-corrected chi connectivity index (χ4v) is 3.91. The van der Waals surface area contributed by atoms with Gasteiger partial charge in [0.05, 0.1) is 0 Å². The average molecular weight is 323 g/mol. The minimum Gasteiger partial charge on any atom is -0.490 e. The Kier molecular flexibility index (Phi) is 4.44. The van der Waals surface area contributed by atoms with E-state index in [9.17, 15) is 0 Å². The number of hydrogen-bond donors (Lipinski definition) is 0. The lowest BCUT2D eigenvalue weighted by molar-refractivity contribution is -0.0556. The molecular weight excluding hydrogens is 294 g/mol. The summed E-state index contributed by atoms with van der Waals surface area (Å²) in [7, 11) is 2.23. The van der Waals surface area contributed by atoms with E-state index in [1.165, 1.54) is 11.1 Å². The van der Waals surface area contributed by atoms with E-state index in [0.717, 1.165) is 18.6 Å². The largest absolute Gasteiger partial charge is 0.490 e. The van der Waals surface area contributed by atoms with E-state index in [2.05, 4.69) is 88.2 Å². The van der Waals surface area contributed by atoms with Crippen LogP contribution in [0.1, 0.15) is 40.5 Å². The minimum absolute atomic E-state index is 0.149. The summed E-state index contributed by atoms with van der Waals surface area (Å²) in [5, 5.41) is 0. The Hall–Kier alpha value is -1.80. The maximum atomic E-state index is 6.34. The van der Waals surface area contributed by atoms with Gasteiger partial charge in [0, 0.05) is 23.9 Å². The van der Waals surface area contributed by atoms with Gasteiger partial charge in [-0.15, -0.1) is 0 Å². The predicted molar refractivity (Wildman–Crippen MR) is 101 cm³/mol. The van der Waals surface area contributed by atoms with E-state index < -0.39 is 0 Å². The summed E-state index contributed by atoms with van der Waals surface area (Å²) in [6.45, 7) is 9.23. The summed E-state index contributed by atoms with van der Waals surface area (Å²) in [6.07, 6.45) is 2.36. The maximum absolute atomic E-state index is 6.34. The molecule has 2 heteroatoms. The molecule has 0 atom stereocenters. The molecule has 1 heterocycles. The number of benzene rings is 2. The number of ether oxygens (including phenoxy) is 1.